The second-order valence-corrected chi connectivity index (χ2v) is 7.14. The SMILES string of the molecule is Cc1ccc(C2=C(N3CCCC3)C(=O)N(c3cccc(F)c3)C2=O)cc1C. The molecule has 0 aliphatic carbocycles. The molecular weight excluding hydrogens is 343 g/mol. The number of amides is 2. The van der Waals surface area contributed by atoms with Gasteiger partial charge in [0.05, 0.1) is 11.3 Å². The van der Waals surface area contributed by atoms with Gasteiger partial charge in [-0.05, 0) is 61.6 Å². The molecule has 2 aromatic carbocycles. The summed E-state index contributed by atoms with van der Waals surface area (Å²) >= 11 is 0. The molecule has 0 aromatic heterocycles. The molecule has 5 heteroatoms. The Balaban J connectivity index is 1.86. The van der Waals surface area contributed by atoms with Gasteiger partial charge in [-0.15, -0.1) is 0 Å². The van der Waals surface area contributed by atoms with Gasteiger partial charge in [0, 0.05) is 13.1 Å². The van der Waals surface area contributed by atoms with E-state index in [0.29, 0.717) is 11.3 Å². The zero-order valence-corrected chi connectivity index (χ0v) is 15.5. The van der Waals surface area contributed by atoms with Crippen molar-refractivity contribution in [3.8, 4) is 0 Å². The fourth-order valence-electron chi connectivity index (χ4n) is 3.76. The number of carbonyl (C=O) groups excluding carboxylic acids is 2. The van der Waals surface area contributed by atoms with Crippen LogP contribution in [0.1, 0.15) is 29.5 Å². The summed E-state index contributed by atoms with van der Waals surface area (Å²) in [5.41, 5.74) is 4.03. The van der Waals surface area contributed by atoms with Crippen LogP contribution in [0.4, 0.5) is 10.1 Å². The van der Waals surface area contributed by atoms with Crippen LogP contribution in [-0.2, 0) is 9.59 Å². The molecule has 27 heavy (non-hydrogen) atoms. The lowest BCUT2D eigenvalue weighted by atomic mass is 9.99. The molecule has 0 spiro atoms. The van der Waals surface area contributed by atoms with Crippen molar-refractivity contribution in [1.29, 1.82) is 0 Å². The van der Waals surface area contributed by atoms with Crippen molar-refractivity contribution < 1.29 is 14.0 Å². The van der Waals surface area contributed by atoms with Crippen LogP contribution < -0.4 is 4.90 Å². The average Bonchev–Trinajstić information content (AvgIpc) is 3.24. The Morgan fingerprint density at radius 2 is 1.63 bits per heavy atom. The fraction of sp³-hybridized carbons (Fsp3) is 0.273. The van der Waals surface area contributed by atoms with Gasteiger partial charge in [-0.25, -0.2) is 9.29 Å². The van der Waals surface area contributed by atoms with Crippen molar-refractivity contribution in [1.82, 2.24) is 4.90 Å². The number of carbonyl (C=O) groups is 2. The van der Waals surface area contributed by atoms with Crippen LogP contribution in [0.5, 0.6) is 0 Å². The van der Waals surface area contributed by atoms with Gasteiger partial charge in [-0.2, -0.15) is 0 Å². The Morgan fingerprint density at radius 1 is 0.889 bits per heavy atom. The van der Waals surface area contributed by atoms with Crippen LogP contribution in [0.3, 0.4) is 0 Å². The first-order valence-corrected chi connectivity index (χ1v) is 9.18. The van der Waals surface area contributed by atoms with Crippen LogP contribution in [0.15, 0.2) is 48.2 Å². The zero-order chi connectivity index (χ0) is 19.1. The monoisotopic (exact) mass is 364 g/mol. The number of rotatable bonds is 3. The summed E-state index contributed by atoms with van der Waals surface area (Å²) in [6, 6.07) is 11.4. The largest absolute Gasteiger partial charge is 0.366 e. The smallest absolute Gasteiger partial charge is 0.282 e. The highest BCUT2D eigenvalue weighted by atomic mass is 19.1. The van der Waals surface area contributed by atoms with Gasteiger partial charge in [0.1, 0.15) is 11.5 Å². The van der Waals surface area contributed by atoms with Crippen molar-refractivity contribution in [3.63, 3.8) is 0 Å². The van der Waals surface area contributed by atoms with Crippen molar-refractivity contribution in [2.24, 2.45) is 0 Å². The Labute approximate surface area is 157 Å². The summed E-state index contributed by atoms with van der Waals surface area (Å²) < 4.78 is 13.7. The number of hydrogen-bond acceptors (Lipinski definition) is 3. The van der Waals surface area contributed by atoms with Crippen molar-refractivity contribution in [2.75, 3.05) is 18.0 Å². The van der Waals surface area contributed by atoms with Gasteiger partial charge >= 0.3 is 0 Å². The lowest BCUT2D eigenvalue weighted by Gasteiger charge is -2.20. The maximum Gasteiger partial charge on any atom is 0.282 e. The predicted octanol–water partition coefficient (Wildman–Crippen LogP) is 3.82. The first-order chi connectivity index (χ1) is 13.0. The lowest BCUT2D eigenvalue weighted by molar-refractivity contribution is -0.120. The van der Waals surface area contributed by atoms with E-state index in [-0.39, 0.29) is 11.6 Å². The first-order valence-electron chi connectivity index (χ1n) is 9.18. The van der Waals surface area contributed by atoms with Crippen molar-refractivity contribution in [2.45, 2.75) is 26.7 Å². The van der Waals surface area contributed by atoms with E-state index < -0.39 is 11.7 Å². The van der Waals surface area contributed by atoms with E-state index >= 15 is 0 Å². The van der Waals surface area contributed by atoms with E-state index in [2.05, 4.69) is 0 Å². The molecule has 0 unspecified atom stereocenters. The summed E-state index contributed by atoms with van der Waals surface area (Å²) in [6.07, 6.45) is 1.98. The van der Waals surface area contributed by atoms with Crippen LogP contribution in [-0.4, -0.2) is 29.8 Å². The Hall–Kier alpha value is -2.95. The van der Waals surface area contributed by atoms with Gasteiger partial charge in [0.15, 0.2) is 0 Å². The minimum absolute atomic E-state index is 0.264. The molecule has 4 nitrogen and oxygen atoms in total. The Morgan fingerprint density at radius 3 is 2.30 bits per heavy atom. The molecular formula is C22H21FN2O2. The number of nitrogens with zero attached hydrogens (tertiary/aromatic N) is 2. The van der Waals surface area contributed by atoms with Crippen LogP contribution in [0.25, 0.3) is 5.57 Å². The maximum atomic E-state index is 13.7. The van der Waals surface area contributed by atoms with Crippen LogP contribution in [0.2, 0.25) is 0 Å². The fourth-order valence-corrected chi connectivity index (χ4v) is 3.76. The summed E-state index contributed by atoms with van der Waals surface area (Å²) in [5, 5.41) is 0. The molecule has 2 aromatic rings. The number of benzene rings is 2. The molecule has 0 N–H and O–H groups in total. The normalized spacial score (nSPS) is 17.4. The molecule has 1 saturated heterocycles. The number of imide groups is 1. The molecule has 2 heterocycles. The quantitative estimate of drug-likeness (QED) is 0.778. The highest BCUT2D eigenvalue weighted by Crippen LogP contribution is 2.36. The number of hydrogen-bond donors (Lipinski definition) is 0. The second kappa shape index (κ2) is 6.65. The topological polar surface area (TPSA) is 40.6 Å². The molecule has 4 rings (SSSR count). The van der Waals surface area contributed by atoms with Crippen molar-refractivity contribution in [3.05, 3.63) is 70.7 Å². The van der Waals surface area contributed by atoms with Gasteiger partial charge in [0.2, 0.25) is 0 Å². The molecule has 0 radical (unpaired) electrons. The maximum absolute atomic E-state index is 13.7. The molecule has 0 saturated carbocycles. The molecule has 2 aliphatic heterocycles. The van der Waals surface area contributed by atoms with Crippen LogP contribution in [0, 0.1) is 19.7 Å². The predicted molar refractivity (Wildman–Crippen MR) is 103 cm³/mol. The third-order valence-electron chi connectivity index (χ3n) is 5.34. The first kappa shape index (κ1) is 17.5. The summed E-state index contributed by atoms with van der Waals surface area (Å²) in [4.78, 5) is 29.6. The number of halogens is 1. The van der Waals surface area contributed by atoms with E-state index in [1.54, 1.807) is 6.07 Å². The molecule has 2 aliphatic rings. The third kappa shape index (κ3) is 2.93. The van der Waals surface area contributed by atoms with E-state index in [9.17, 15) is 14.0 Å². The number of likely N-dealkylation sites (tertiary alicyclic amines) is 1. The second-order valence-electron chi connectivity index (χ2n) is 7.14. The van der Waals surface area contributed by atoms with E-state index in [0.717, 1.165) is 47.5 Å². The van der Waals surface area contributed by atoms with E-state index in [1.165, 1.54) is 18.2 Å². The molecule has 138 valence electrons. The molecule has 0 bridgehead atoms. The van der Waals surface area contributed by atoms with Crippen LogP contribution >= 0.6 is 0 Å². The highest BCUT2D eigenvalue weighted by molar-refractivity contribution is 6.45. The summed E-state index contributed by atoms with van der Waals surface area (Å²) in [6.45, 7) is 5.50. The van der Waals surface area contributed by atoms with Gasteiger partial charge in [-0.3, -0.25) is 9.59 Å². The molecule has 2 amide bonds. The molecule has 1 fully saturated rings. The van der Waals surface area contributed by atoms with Gasteiger partial charge < -0.3 is 4.90 Å². The summed E-state index contributed by atoms with van der Waals surface area (Å²) in [7, 11) is 0. The number of aryl methyl sites for hydroxylation is 2. The van der Waals surface area contributed by atoms with Gasteiger partial charge in [0.25, 0.3) is 11.8 Å². The summed E-state index contributed by atoms with van der Waals surface area (Å²) in [5.74, 6) is -1.24. The Bertz CT molecular complexity index is 974. The third-order valence-corrected chi connectivity index (χ3v) is 5.34. The minimum Gasteiger partial charge on any atom is -0.366 e. The lowest BCUT2D eigenvalue weighted by Crippen LogP contribution is -2.34. The zero-order valence-electron chi connectivity index (χ0n) is 15.5. The Kier molecular flexibility index (Phi) is 4.30. The molecule has 0 atom stereocenters. The average molecular weight is 364 g/mol. The number of anilines is 1. The van der Waals surface area contributed by atoms with Gasteiger partial charge in [-0.1, -0.05) is 24.3 Å². The van der Waals surface area contributed by atoms with E-state index in [1.807, 2.05) is 36.9 Å². The highest BCUT2D eigenvalue weighted by Gasteiger charge is 2.43. The minimum atomic E-state index is -0.476. The standard InChI is InChI=1S/C22H21FN2O2/c1-14-8-9-16(12-15(14)2)19-20(24-10-3-4-11-24)22(27)25(21(19)26)18-7-5-6-17(23)13-18/h5-9,12-13H,3-4,10-11H2,1-2H3. The van der Waals surface area contributed by atoms with E-state index in [4.69, 9.17) is 0 Å². The van der Waals surface area contributed by atoms with Crippen molar-refractivity contribution >= 4 is 23.1 Å².